The number of anilines is 1. The van der Waals surface area contributed by atoms with Crippen LogP contribution in [-0.4, -0.2) is 77.2 Å². The predicted octanol–water partition coefficient (Wildman–Crippen LogP) is 0.874. The molecule has 1 aromatic rings. The molecule has 0 bridgehead atoms. The summed E-state index contributed by atoms with van der Waals surface area (Å²) in [4.78, 5) is 4.32. The Kier molecular flexibility index (Phi) is 6.67. The number of rotatable bonds is 7. The van der Waals surface area contributed by atoms with Gasteiger partial charge in [0, 0.05) is 39.0 Å². The highest BCUT2D eigenvalue weighted by Gasteiger charge is 2.19. The molecule has 1 heterocycles. The molecule has 0 amide bonds. The van der Waals surface area contributed by atoms with E-state index >= 15 is 0 Å². The summed E-state index contributed by atoms with van der Waals surface area (Å²) in [7, 11) is -3.39. The van der Waals surface area contributed by atoms with Crippen LogP contribution in [0.25, 0.3) is 0 Å². The summed E-state index contributed by atoms with van der Waals surface area (Å²) in [6.07, 6.45) is 1.14. The van der Waals surface area contributed by atoms with Crippen molar-refractivity contribution >= 4 is 27.1 Å². The maximum Gasteiger partial charge on any atom is 0.177 e. The second-order valence-corrected chi connectivity index (χ2v) is 7.89. The van der Waals surface area contributed by atoms with Crippen molar-refractivity contribution in [2.45, 2.75) is 4.90 Å². The van der Waals surface area contributed by atoms with Gasteiger partial charge in [-0.3, -0.25) is 4.90 Å². The maximum atomic E-state index is 11.8. The summed E-state index contributed by atoms with van der Waals surface area (Å²) in [5.74, 6) is 0. The second-order valence-electron chi connectivity index (χ2n) is 5.53. The van der Waals surface area contributed by atoms with Crippen molar-refractivity contribution in [1.29, 1.82) is 0 Å². The normalized spacial score (nSPS) is 16.5. The average molecular weight is 363 g/mol. The van der Waals surface area contributed by atoms with E-state index in [0.717, 1.165) is 39.1 Å². The third kappa shape index (κ3) is 5.06. The minimum Gasteiger partial charge on any atom is -0.395 e. The highest BCUT2D eigenvalue weighted by molar-refractivity contribution is 7.90. The van der Waals surface area contributed by atoms with E-state index in [4.69, 9.17) is 16.3 Å². The van der Waals surface area contributed by atoms with Gasteiger partial charge in [0.05, 0.1) is 35.4 Å². The fourth-order valence-electron chi connectivity index (χ4n) is 2.59. The quantitative estimate of drug-likeness (QED) is 0.776. The first-order valence-corrected chi connectivity index (χ1v) is 9.85. The summed E-state index contributed by atoms with van der Waals surface area (Å²) in [6.45, 7) is 5.05. The first-order chi connectivity index (χ1) is 10.9. The van der Waals surface area contributed by atoms with Crippen LogP contribution >= 0.6 is 11.6 Å². The van der Waals surface area contributed by atoms with Crippen molar-refractivity contribution in [1.82, 2.24) is 4.90 Å². The molecule has 0 spiro atoms. The van der Waals surface area contributed by atoms with Crippen molar-refractivity contribution in [3.63, 3.8) is 0 Å². The summed E-state index contributed by atoms with van der Waals surface area (Å²) < 4.78 is 29.0. The van der Waals surface area contributed by atoms with Crippen molar-refractivity contribution in [3.05, 3.63) is 23.2 Å². The third-order valence-corrected chi connectivity index (χ3v) is 5.49. The number of halogens is 1. The van der Waals surface area contributed by atoms with Crippen LogP contribution in [0, 0.1) is 0 Å². The molecule has 1 aliphatic heterocycles. The van der Waals surface area contributed by atoms with E-state index in [9.17, 15) is 13.5 Å². The molecule has 1 saturated heterocycles. The van der Waals surface area contributed by atoms with Crippen molar-refractivity contribution in [2.24, 2.45) is 0 Å². The van der Waals surface area contributed by atoms with Gasteiger partial charge in [-0.15, -0.1) is 0 Å². The van der Waals surface area contributed by atoms with E-state index in [0.29, 0.717) is 18.8 Å². The molecule has 1 aliphatic rings. The maximum absolute atomic E-state index is 11.8. The average Bonchev–Trinajstić information content (AvgIpc) is 2.52. The van der Waals surface area contributed by atoms with Crippen LogP contribution < -0.4 is 4.90 Å². The Morgan fingerprint density at radius 3 is 2.61 bits per heavy atom. The molecule has 0 aliphatic carbocycles. The monoisotopic (exact) mass is 362 g/mol. The van der Waals surface area contributed by atoms with Crippen molar-refractivity contribution in [2.75, 3.05) is 63.7 Å². The molecule has 0 saturated carbocycles. The van der Waals surface area contributed by atoms with E-state index in [2.05, 4.69) is 4.90 Å². The molecule has 0 radical (unpaired) electrons. The molecule has 1 N–H and O–H groups in total. The van der Waals surface area contributed by atoms with Crippen molar-refractivity contribution in [3.8, 4) is 0 Å². The number of aliphatic hydroxyl groups is 1. The topological polar surface area (TPSA) is 70.1 Å². The van der Waals surface area contributed by atoms with E-state index in [1.165, 1.54) is 6.07 Å². The smallest absolute Gasteiger partial charge is 0.177 e. The molecule has 1 aromatic carbocycles. The lowest BCUT2D eigenvalue weighted by atomic mass is 10.2. The number of benzene rings is 1. The molecule has 0 atom stereocenters. The van der Waals surface area contributed by atoms with Crippen LogP contribution in [0.4, 0.5) is 5.69 Å². The largest absolute Gasteiger partial charge is 0.395 e. The van der Waals surface area contributed by atoms with Crippen LogP contribution in [0.2, 0.25) is 5.02 Å². The summed E-state index contributed by atoms with van der Waals surface area (Å²) in [6, 6.07) is 4.96. The van der Waals surface area contributed by atoms with Crippen LogP contribution in [0.15, 0.2) is 23.1 Å². The van der Waals surface area contributed by atoms with Gasteiger partial charge in [-0.2, -0.15) is 0 Å². The molecule has 8 heteroatoms. The summed E-state index contributed by atoms with van der Waals surface area (Å²) in [5.41, 5.74) is 0.636. The number of aliphatic hydroxyl groups excluding tert-OH is 1. The zero-order valence-electron chi connectivity index (χ0n) is 13.2. The Labute approximate surface area is 142 Å². The van der Waals surface area contributed by atoms with Gasteiger partial charge >= 0.3 is 0 Å². The van der Waals surface area contributed by atoms with E-state index in [-0.39, 0.29) is 16.5 Å². The summed E-state index contributed by atoms with van der Waals surface area (Å²) >= 11 is 6.31. The van der Waals surface area contributed by atoms with E-state index in [1.54, 1.807) is 12.1 Å². The number of ether oxygens (including phenoxy) is 1. The zero-order chi connectivity index (χ0) is 16.9. The number of hydrogen-bond acceptors (Lipinski definition) is 6. The summed E-state index contributed by atoms with van der Waals surface area (Å²) in [5, 5.41) is 9.53. The van der Waals surface area contributed by atoms with Gasteiger partial charge in [0.2, 0.25) is 0 Å². The first-order valence-electron chi connectivity index (χ1n) is 7.58. The van der Waals surface area contributed by atoms with E-state index < -0.39 is 9.84 Å². The molecule has 0 unspecified atom stereocenters. The lowest BCUT2D eigenvalue weighted by Gasteiger charge is -2.31. The van der Waals surface area contributed by atoms with Gasteiger partial charge < -0.3 is 14.7 Å². The van der Waals surface area contributed by atoms with E-state index in [1.807, 2.05) is 4.90 Å². The molecule has 0 aromatic heterocycles. The Morgan fingerprint density at radius 1 is 1.30 bits per heavy atom. The Bertz CT molecular complexity index is 618. The lowest BCUT2D eigenvalue weighted by Crippen LogP contribution is -2.42. The number of morpholine rings is 1. The highest BCUT2D eigenvalue weighted by atomic mass is 35.5. The van der Waals surface area contributed by atoms with Crippen molar-refractivity contribution < 1.29 is 18.3 Å². The van der Waals surface area contributed by atoms with Crippen LogP contribution in [0.3, 0.4) is 0 Å². The van der Waals surface area contributed by atoms with Gasteiger partial charge in [-0.1, -0.05) is 17.7 Å². The Balaban J connectivity index is 2.16. The predicted molar refractivity (Wildman–Crippen MR) is 91.1 cm³/mol. The van der Waals surface area contributed by atoms with Crippen LogP contribution in [0.1, 0.15) is 0 Å². The standard InChI is InChI=1S/C15H23ClN2O4S/c1-23(20,21)14-4-2-3-13(15(14)16)18(7-10-19)6-5-17-8-11-22-12-9-17/h2-4,19H,5-12H2,1H3. The van der Waals surface area contributed by atoms with Gasteiger partial charge in [0.1, 0.15) is 0 Å². The van der Waals surface area contributed by atoms with Gasteiger partial charge in [-0.25, -0.2) is 8.42 Å². The molecule has 2 rings (SSSR count). The fraction of sp³-hybridized carbons (Fsp3) is 0.600. The molecule has 23 heavy (non-hydrogen) atoms. The molecule has 130 valence electrons. The lowest BCUT2D eigenvalue weighted by molar-refractivity contribution is 0.0391. The van der Waals surface area contributed by atoms with Gasteiger partial charge in [0.15, 0.2) is 9.84 Å². The Hall–Kier alpha value is -0.860. The fourth-order valence-corrected chi connectivity index (χ4v) is 4.01. The third-order valence-electron chi connectivity index (χ3n) is 3.84. The van der Waals surface area contributed by atoms with Crippen LogP contribution in [0.5, 0.6) is 0 Å². The molecular weight excluding hydrogens is 340 g/mol. The number of hydrogen-bond donors (Lipinski definition) is 1. The van der Waals surface area contributed by atoms with Gasteiger partial charge in [0.25, 0.3) is 0 Å². The first kappa shape index (κ1) is 18.5. The SMILES string of the molecule is CS(=O)(=O)c1cccc(N(CCO)CCN2CCOCC2)c1Cl. The number of nitrogens with zero attached hydrogens (tertiary/aromatic N) is 2. The number of sulfone groups is 1. The Morgan fingerprint density at radius 2 is 2.00 bits per heavy atom. The molecule has 1 fully saturated rings. The molecule has 6 nitrogen and oxygen atoms in total. The minimum atomic E-state index is -3.39. The van der Waals surface area contributed by atoms with Gasteiger partial charge in [-0.05, 0) is 12.1 Å². The highest BCUT2D eigenvalue weighted by Crippen LogP contribution is 2.32. The zero-order valence-corrected chi connectivity index (χ0v) is 14.8. The minimum absolute atomic E-state index is 0.0253. The molecular formula is C15H23ClN2O4S. The second kappa shape index (κ2) is 8.30. The van der Waals surface area contributed by atoms with Crippen LogP contribution in [-0.2, 0) is 14.6 Å².